The highest BCUT2D eigenvalue weighted by atomic mass is 32.2. The first kappa shape index (κ1) is 17.9. The molecule has 0 aromatic heterocycles. The molecule has 6 heteroatoms. The maximum Gasteiger partial charge on any atom is 0.211 e. The number of nitrogens with zero attached hydrogens (tertiary/aromatic N) is 1. The fourth-order valence-electron chi connectivity index (χ4n) is 2.53. The van der Waals surface area contributed by atoms with Crippen LogP contribution in [0.2, 0.25) is 0 Å². The van der Waals surface area contributed by atoms with Crippen LogP contribution in [0, 0.1) is 5.92 Å². The number of unbranched alkanes of at least 4 members (excludes halogenated alkanes) is 1. The monoisotopic (exact) mass is 305 g/mol. The molecule has 1 saturated heterocycles. The van der Waals surface area contributed by atoms with Crippen molar-refractivity contribution in [3.8, 4) is 0 Å². The Kier molecular flexibility index (Phi) is 8.02. The van der Waals surface area contributed by atoms with Gasteiger partial charge in [0.1, 0.15) is 0 Å². The molecule has 1 fully saturated rings. The van der Waals surface area contributed by atoms with Gasteiger partial charge in [-0.1, -0.05) is 6.92 Å². The van der Waals surface area contributed by atoms with E-state index in [9.17, 15) is 8.42 Å². The van der Waals surface area contributed by atoms with Crippen molar-refractivity contribution in [1.29, 1.82) is 0 Å². The highest BCUT2D eigenvalue weighted by Gasteiger charge is 2.25. The van der Waals surface area contributed by atoms with E-state index in [4.69, 9.17) is 0 Å². The third-order valence-corrected chi connectivity index (χ3v) is 5.34. The number of hydrogen-bond acceptors (Lipinski definition) is 4. The summed E-state index contributed by atoms with van der Waals surface area (Å²) in [4.78, 5) is 2.41. The Morgan fingerprint density at radius 2 is 2.05 bits per heavy atom. The van der Waals surface area contributed by atoms with Crippen LogP contribution in [0.5, 0.6) is 0 Å². The molecule has 1 aliphatic rings. The third-order valence-electron chi connectivity index (χ3n) is 3.91. The van der Waals surface area contributed by atoms with Gasteiger partial charge in [0.2, 0.25) is 10.0 Å². The Labute approximate surface area is 124 Å². The molecule has 1 atom stereocenters. The summed E-state index contributed by atoms with van der Waals surface area (Å²) in [5.41, 5.74) is 0. The molecule has 1 heterocycles. The lowest BCUT2D eigenvalue weighted by atomic mass is 10.1. The van der Waals surface area contributed by atoms with Gasteiger partial charge in [-0.2, -0.15) is 0 Å². The zero-order valence-corrected chi connectivity index (χ0v) is 14.0. The molecule has 2 N–H and O–H groups in total. The van der Waals surface area contributed by atoms with Crippen LogP contribution < -0.4 is 10.0 Å². The second kappa shape index (κ2) is 8.97. The van der Waals surface area contributed by atoms with Crippen molar-refractivity contribution in [1.82, 2.24) is 14.9 Å². The van der Waals surface area contributed by atoms with Crippen molar-refractivity contribution in [2.45, 2.75) is 46.1 Å². The fraction of sp³-hybridized carbons (Fsp3) is 1.00. The van der Waals surface area contributed by atoms with Crippen LogP contribution in [0.1, 0.15) is 40.0 Å². The lowest BCUT2D eigenvalue weighted by Gasteiger charge is -2.20. The van der Waals surface area contributed by atoms with Gasteiger partial charge >= 0.3 is 0 Å². The summed E-state index contributed by atoms with van der Waals surface area (Å²) < 4.78 is 26.6. The lowest BCUT2D eigenvalue weighted by Crippen LogP contribution is -2.34. The Balaban J connectivity index is 2.17. The first-order valence-corrected chi connectivity index (χ1v) is 9.52. The fourth-order valence-corrected chi connectivity index (χ4v) is 3.75. The molecule has 120 valence electrons. The van der Waals surface area contributed by atoms with Gasteiger partial charge in [-0.3, -0.25) is 0 Å². The van der Waals surface area contributed by atoms with E-state index in [1.807, 2.05) is 0 Å². The van der Waals surface area contributed by atoms with Crippen LogP contribution in [-0.4, -0.2) is 57.8 Å². The van der Waals surface area contributed by atoms with Crippen LogP contribution >= 0.6 is 0 Å². The summed E-state index contributed by atoms with van der Waals surface area (Å²) in [7, 11) is -3.09. The summed E-state index contributed by atoms with van der Waals surface area (Å²) in [5, 5.41) is 3.21. The van der Waals surface area contributed by atoms with Crippen molar-refractivity contribution in [3.63, 3.8) is 0 Å². The molecular weight excluding hydrogens is 274 g/mol. The van der Waals surface area contributed by atoms with Gasteiger partial charge in [-0.05, 0) is 58.7 Å². The van der Waals surface area contributed by atoms with Gasteiger partial charge in [0.15, 0.2) is 0 Å². The van der Waals surface area contributed by atoms with E-state index in [0.29, 0.717) is 18.5 Å². The van der Waals surface area contributed by atoms with Gasteiger partial charge in [-0.15, -0.1) is 0 Å². The zero-order chi connectivity index (χ0) is 15.0. The van der Waals surface area contributed by atoms with E-state index >= 15 is 0 Å². The molecule has 0 aromatic carbocycles. The highest BCUT2D eigenvalue weighted by molar-refractivity contribution is 7.89. The van der Waals surface area contributed by atoms with Crippen LogP contribution in [0.3, 0.4) is 0 Å². The standard InChI is InChI=1S/C14H31N3O2S/c1-4-15-8-5-6-10-20(18,19)16-11-14-7-9-17(12-14)13(2)3/h13-16H,4-12H2,1-3H3. The molecule has 0 spiro atoms. The van der Waals surface area contributed by atoms with E-state index in [2.05, 4.69) is 35.7 Å². The van der Waals surface area contributed by atoms with Gasteiger partial charge in [0.25, 0.3) is 0 Å². The molecule has 0 saturated carbocycles. The van der Waals surface area contributed by atoms with Gasteiger partial charge in [0.05, 0.1) is 5.75 Å². The van der Waals surface area contributed by atoms with Crippen molar-refractivity contribution >= 4 is 10.0 Å². The molecule has 0 aromatic rings. The quantitative estimate of drug-likeness (QED) is 0.592. The third kappa shape index (κ3) is 7.02. The number of likely N-dealkylation sites (tertiary alicyclic amines) is 1. The van der Waals surface area contributed by atoms with Crippen molar-refractivity contribution < 1.29 is 8.42 Å². The minimum absolute atomic E-state index is 0.249. The van der Waals surface area contributed by atoms with Crippen LogP contribution in [0.15, 0.2) is 0 Å². The molecule has 1 unspecified atom stereocenters. The van der Waals surface area contributed by atoms with Crippen LogP contribution in [-0.2, 0) is 10.0 Å². The first-order chi connectivity index (χ1) is 9.44. The van der Waals surface area contributed by atoms with E-state index < -0.39 is 10.0 Å². The number of rotatable bonds is 10. The van der Waals surface area contributed by atoms with E-state index in [1.165, 1.54) is 0 Å². The average Bonchev–Trinajstić information content (AvgIpc) is 2.85. The van der Waals surface area contributed by atoms with Gasteiger partial charge < -0.3 is 10.2 Å². The largest absolute Gasteiger partial charge is 0.317 e. The maximum absolute atomic E-state index is 11.9. The molecule has 5 nitrogen and oxygen atoms in total. The summed E-state index contributed by atoms with van der Waals surface area (Å²) in [6.07, 6.45) is 2.74. The van der Waals surface area contributed by atoms with E-state index in [0.717, 1.165) is 45.4 Å². The van der Waals surface area contributed by atoms with Crippen molar-refractivity contribution in [2.75, 3.05) is 38.5 Å². The number of hydrogen-bond donors (Lipinski definition) is 2. The molecular formula is C14H31N3O2S. The summed E-state index contributed by atoms with van der Waals surface area (Å²) in [6.45, 7) is 11.0. The molecule has 0 amide bonds. The minimum atomic E-state index is -3.09. The van der Waals surface area contributed by atoms with Gasteiger partial charge in [-0.25, -0.2) is 13.1 Å². The Morgan fingerprint density at radius 1 is 1.30 bits per heavy atom. The molecule has 1 aliphatic heterocycles. The first-order valence-electron chi connectivity index (χ1n) is 7.86. The highest BCUT2D eigenvalue weighted by Crippen LogP contribution is 2.17. The number of nitrogens with one attached hydrogen (secondary N) is 2. The van der Waals surface area contributed by atoms with E-state index in [-0.39, 0.29) is 5.75 Å². The zero-order valence-electron chi connectivity index (χ0n) is 13.2. The summed E-state index contributed by atoms with van der Waals surface area (Å²) in [6, 6.07) is 0.558. The second-order valence-corrected chi connectivity index (χ2v) is 7.90. The van der Waals surface area contributed by atoms with Gasteiger partial charge in [0, 0.05) is 19.1 Å². The van der Waals surface area contributed by atoms with E-state index in [1.54, 1.807) is 0 Å². The summed E-state index contributed by atoms with van der Waals surface area (Å²) in [5.74, 6) is 0.716. The topological polar surface area (TPSA) is 61.4 Å². The maximum atomic E-state index is 11.9. The SMILES string of the molecule is CCNCCCCS(=O)(=O)NCC1CCN(C(C)C)C1. The normalized spacial score (nSPS) is 20.9. The Hall–Kier alpha value is -0.170. The number of sulfonamides is 1. The minimum Gasteiger partial charge on any atom is -0.317 e. The lowest BCUT2D eigenvalue weighted by molar-refractivity contribution is 0.265. The van der Waals surface area contributed by atoms with Crippen LogP contribution in [0.25, 0.3) is 0 Å². The molecule has 1 rings (SSSR count). The smallest absolute Gasteiger partial charge is 0.211 e. The molecule has 0 aliphatic carbocycles. The van der Waals surface area contributed by atoms with Crippen molar-refractivity contribution in [2.24, 2.45) is 5.92 Å². The van der Waals surface area contributed by atoms with Crippen LogP contribution in [0.4, 0.5) is 0 Å². The Bertz CT molecular complexity index is 357. The molecule has 0 radical (unpaired) electrons. The summed E-state index contributed by atoms with van der Waals surface area (Å²) >= 11 is 0. The predicted octanol–water partition coefficient (Wildman–Crippen LogP) is 1.03. The average molecular weight is 305 g/mol. The molecule has 20 heavy (non-hydrogen) atoms. The van der Waals surface area contributed by atoms with Crippen molar-refractivity contribution in [3.05, 3.63) is 0 Å². The second-order valence-electron chi connectivity index (χ2n) is 5.97. The molecule has 0 bridgehead atoms. The Morgan fingerprint density at radius 3 is 2.65 bits per heavy atom. The predicted molar refractivity (Wildman–Crippen MR) is 84.4 cm³/mol.